The van der Waals surface area contributed by atoms with Crippen LogP contribution in [0, 0.1) is 0 Å². The van der Waals surface area contributed by atoms with E-state index in [0.29, 0.717) is 18.1 Å². The van der Waals surface area contributed by atoms with E-state index in [1.807, 2.05) is 0 Å². The molecule has 0 amide bonds. The van der Waals surface area contributed by atoms with Crippen molar-refractivity contribution >= 4 is 9.84 Å². The Morgan fingerprint density at radius 1 is 1.56 bits per heavy atom. The number of hydrogen-bond acceptors (Lipinski definition) is 5. The van der Waals surface area contributed by atoms with Crippen molar-refractivity contribution in [2.75, 3.05) is 5.75 Å². The maximum Gasteiger partial charge on any atom is 0.211 e. The molecule has 0 radical (unpaired) electrons. The van der Waals surface area contributed by atoms with Crippen LogP contribution >= 0.6 is 0 Å². The molecule has 1 aliphatic rings. The van der Waals surface area contributed by atoms with E-state index in [2.05, 4.69) is 4.98 Å². The summed E-state index contributed by atoms with van der Waals surface area (Å²) in [5.41, 5.74) is 5.62. The molecule has 0 spiro atoms. The molecule has 16 heavy (non-hydrogen) atoms. The number of rotatable bonds is 2. The first-order valence-electron chi connectivity index (χ1n) is 5.43. The molecule has 0 saturated carbocycles. The van der Waals surface area contributed by atoms with Crippen LogP contribution in [0.25, 0.3) is 0 Å². The summed E-state index contributed by atoms with van der Waals surface area (Å²) >= 11 is 0. The molecule has 2 rings (SSSR count). The lowest BCUT2D eigenvalue weighted by Gasteiger charge is -2.19. The van der Waals surface area contributed by atoms with E-state index in [4.69, 9.17) is 10.2 Å². The molecular weight excluding hydrogens is 228 g/mol. The second-order valence-electron chi connectivity index (χ2n) is 4.24. The van der Waals surface area contributed by atoms with Crippen molar-refractivity contribution in [1.29, 1.82) is 0 Å². The number of oxazole rings is 1. The summed E-state index contributed by atoms with van der Waals surface area (Å²) in [6.45, 7) is 1.75. The van der Waals surface area contributed by atoms with Gasteiger partial charge >= 0.3 is 0 Å². The van der Waals surface area contributed by atoms with Crippen molar-refractivity contribution in [3.8, 4) is 0 Å². The van der Waals surface area contributed by atoms with Gasteiger partial charge in [-0.25, -0.2) is 13.4 Å². The molecule has 0 bridgehead atoms. The summed E-state index contributed by atoms with van der Waals surface area (Å²) in [6.07, 6.45) is 3.77. The van der Waals surface area contributed by atoms with Crippen molar-refractivity contribution in [3.05, 3.63) is 17.8 Å². The van der Waals surface area contributed by atoms with Crippen molar-refractivity contribution in [2.45, 2.75) is 37.5 Å². The first kappa shape index (κ1) is 11.6. The van der Waals surface area contributed by atoms with Crippen LogP contribution in [0.3, 0.4) is 0 Å². The van der Waals surface area contributed by atoms with Crippen molar-refractivity contribution in [3.63, 3.8) is 0 Å². The molecule has 90 valence electrons. The van der Waals surface area contributed by atoms with Gasteiger partial charge in [0.2, 0.25) is 5.89 Å². The summed E-state index contributed by atoms with van der Waals surface area (Å²) < 4.78 is 29.1. The molecular formula is C10H16N2O3S. The Balaban J connectivity index is 2.29. The molecule has 1 saturated heterocycles. The van der Waals surface area contributed by atoms with Gasteiger partial charge in [-0.3, -0.25) is 0 Å². The molecule has 1 aliphatic heterocycles. The van der Waals surface area contributed by atoms with Crippen LogP contribution in [0.5, 0.6) is 0 Å². The minimum atomic E-state index is -3.06. The van der Waals surface area contributed by atoms with E-state index in [-0.39, 0.29) is 11.8 Å². The van der Waals surface area contributed by atoms with Gasteiger partial charge < -0.3 is 10.2 Å². The minimum absolute atomic E-state index is 0.242. The van der Waals surface area contributed by atoms with Crippen LogP contribution in [0.15, 0.2) is 10.6 Å². The summed E-state index contributed by atoms with van der Waals surface area (Å²) in [5.74, 6) is 1.08. The maximum absolute atomic E-state index is 11.8. The summed E-state index contributed by atoms with van der Waals surface area (Å²) in [7, 11) is -3.06. The lowest BCUT2D eigenvalue weighted by molar-refractivity contribution is 0.412. The fourth-order valence-electron chi connectivity index (χ4n) is 1.93. The van der Waals surface area contributed by atoms with E-state index in [9.17, 15) is 8.42 Å². The Morgan fingerprint density at radius 3 is 2.88 bits per heavy atom. The highest BCUT2D eigenvalue weighted by molar-refractivity contribution is 7.91. The second-order valence-corrected chi connectivity index (χ2v) is 6.54. The van der Waals surface area contributed by atoms with Gasteiger partial charge in [0.1, 0.15) is 11.0 Å². The summed E-state index contributed by atoms with van der Waals surface area (Å²) in [4.78, 5) is 4.00. The minimum Gasteiger partial charge on any atom is -0.443 e. The van der Waals surface area contributed by atoms with Crippen LogP contribution in [0.4, 0.5) is 0 Å². The third-order valence-electron chi connectivity index (χ3n) is 2.83. The lowest BCUT2D eigenvalue weighted by atomic mass is 10.1. The molecule has 5 nitrogen and oxygen atoms in total. The molecule has 2 heterocycles. The summed E-state index contributed by atoms with van der Waals surface area (Å²) in [5, 5.41) is -0.527. The summed E-state index contributed by atoms with van der Waals surface area (Å²) in [6, 6.07) is -0.306. The second kappa shape index (κ2) is 4.18. The molecule has 0 aliphatic carbocycles. The zero-order valence-corrected chi connectivity index (χ0v) is 10.0. The predicted molar refractivity (Wildman–Crippen MR) is 59.5 cm³/mol. The van der Waals surface area contributed by atoms with Gasteiger partial charge in [-0.2, -0.15) is 0 Å². The first-order valence-corrected chi connectivity index (χ1v) is 7.15. The molecule has 1 aromatic rings. The molecule has 2 N–H and O–H groups in total. The molecule has 1 fully saturated rings. The van der Waals surface area contributed by atoms with Gasteiger partial charge in [-0.15, -0.1) is 0 Å². The standard InChI is InChI=1S/C10H16N2O3S/c1-7(11)10-12-6-8(15-10)9-4-2-3-5-16(9,13)14/h6-7,9H,2-5,11H2,1H3. The fraction of sp³-hybridized carbons (Fsp3) is 0.700. The number of hydrogen-bond donors (Lipinski definition) is 1. The van der Waals surface area contributed by atoms with Crippen molar-refractivity contribution < 1.29 is 12.8 Å². The van der Waals surface area contributed by atoms with Crippen molar-refractivity contribution in [1.82, 2.24) is 4.98 Å². The number of aromatic nitrogens is 1. The van der Waals surface area contributed by atoms with Gasteiger partial charge in [-0.1, -0.05) is 6.42 Å². The Hall–Kier alpha value is -0.880. The Kier molecular flexibility index (Phi) is 3.03. The fourth-order valence-corrected chi connectivity index (χ4v) is 3.81. The predicted octanol–water partition coefficient (Wildman–Crippen LogP) is 1.33. The Morgan fingerprint density at radius 2 is 2.31 bits per heavy atom. The number of nitrogens with two attached hydrogens (primary N) is 1. The zero-order chi connectivity index (χ0) is 11.8. The molecule has 1 aromatic heterocycles. The van der Waals surface area contributed by atoms with Gasteiger partial charge in [0.05, 0.1) is 18.0 Å². The third kappa shape index (κ3) is 2.12. The first-order chi connectivity index (χ1) is 7.50. The maximum atomic E-state index is 11.8. The Labute approximate surface area is 95.0 Å². The van der Waals surface area contributed by atoms with E-state index in [1.54, 1.807) is 6.92 Å². The SMILES string of the molecule is CC(N)c1ncc(C2CCCCS2(=O)=O)o1. The highest BCUT2D eigenvalue weighted by atomic mass is 32.2. The molecule has 6 heteroatoms. The highest BCUT2D eigenvalue weighted by Gasteiger charge is 2.33. The van der Waals surface area contributed by atoms with Gasteiger partial charge in [-0.05, 0) is 19.8 Å². The molecule has 2 unspecified atom stereocenters. The number of sulfone groups is 1. The normalized spacial score (nSPS) is 26.5. The monoisotopic (exact) mass is 244 g/mol. The van der Waals surface area contributed by atoms with Crippen LogP contribution in [-0.2, 0) is 9.84 Å². The van der Waals surface area contributed by atoms with Crippen molar-refractivity contribution in [2.24, 2.45) is 5.73 Å². The quantitative estimate of drug-likeness (QED) is 0.848. The topological polar surface area (TPSA) is 86.2 Å². The van der Waals surface area contributed by atoms with E-state index in [1.165, 1.54) is 6.20 Å². The van der Waals surface area contributed by atoms with Crippen LogP contribution in [0.2, 0.25) is 0 Å². The Bertz CT molecular complexity index is 464. The zero-order valence-electron chi connectivity index (χ0n) is 9.22. The van der Waals surface area contributed by atoms with Gasteiger partial charge in [0.25, 0.3) is 0 Å². The van der Waals surface area contributed by atoms with Crippen LogP contribution < -0.4 is 5.73 Å². The number of nitrogens with zero attached hydrogens (tertiary/aromatic N) is 1. The van der Waals surface area contributed by atoms with E-state index in [0.717, 1.165) is 12.8 Å². The molecule has 2 atom stereocenters. The lowest BCUT2D eigenvalue weighted by Crippen LogP contribution is -2.21. The van der Waals surface area contributed by atoms with Gasteiger partial charge in [0.15, 0.2) is 9.84 Å². The van der Waals surface area contributed by atoms with Crippen LogP contribution in [-0.4, -0.2) is 19.2 Å². The largest absolute Gasteiger partial charge is 0.443 e. The van der Waals surface area contributed by atoms with E-state index >= 15 is 0 Å². The highest BCUT2D eigenvalue weighted by Crippen LogP contribution is 2.34. The third-order valence-corrected chi connectivity index (χ3v) is 5.02. The average molecular weight is 244 g/mol. The van der Waals surface area contributed by atoms with Crippen LogP contribution in [0.1, 0.15) is 49.1 Å². The average Bonchev–Trinajstić information content (AvgIpc) is 2.65. The smallest absolute Gasteiger partial charge is 0.211 e. The van der Waals surface area contributed by atoms with E-state index < -0.39 is 15.1 Å². The molecule has 0 aromatic carbocycles. The van der Waals surface area contributed by atoms with Gasteiger partial charge in [0, 0.05) is 0 Å².